The molecule has 0 spiro atoms. The molecule has 0 fully saturated rings. The lowest BCUT2D eigenvalue weighted by molar-refractivity contribution is -0.139. The molecular formula is C33H33BrClN3O6S. The van der Waals surface area contributed by atoms with Crippen molar-refractivity contribution in [2.24, 2.45) is 0 Å². The minimum atomic E-state index is -4.34. The number of methoxy groups -OCH3 is 2. The van der Waals surface area contributed by atoms with E-state index in [0.717, 1.165) is 19.9 Å². The third-order valence-electron chi connectivity index (χ3n) is 7.12. The number of halogens is 2. The van der Waals surface area contributed by atoms with Crippen molar-refractivity contribution < 1.29 is 27.5 Å². The number of ether oxygens (including phenoxy) is 2. The van der Waals surface area contributed by atoms with Crippen molar-refractivity contribution in [3.8, 4) is 11.5 Å². The predicted octanol–water partition coefficient (Wildman–Crippen LogP) is 5.70. The van der Waals surface area contributed by atoms with Gasteiger partial charge in [0.1, 0.15) is 12.6 Å². The van der Waals surface area contributed by atoms with Crippen LogP contribution >= 0.6 is 27.5 Å². The molecule has 0 radical (unpaired) electrons. The van der Waals surface area contributed by atoms with Crippen molar-refractivity contribution in [2.75, 3.05) is 32.1 Å². The molecular weight excluding hydrogens is 682 g/mol. The molecule has 4 aromatic rings. The Bertz CT molecular complexity index is 1720. The first-order valence-electron chi connectivity index (χ1n) is 13.9. The van der Waals surface area contributed by atoms with E-state index in [0.29, 0.717) is 10.8 Å². The molecule has 4 aromatic carbocycles. The fourth-order valence-corrected chi connectivity index (χ4v) is 6.57. The fourth-order valence-electron chi connectivity index (χ4n) is 4.75. The molecule has 1 N–H and O–H groups in total. The second-order valence-electron chi connectivity index (χ2n) is 9.97. The average molecular weight is 715 g/mol. The molecule has 0 aromatic heterocycles. The molecule has 2 amide bonds. The Hall–Kier alpha value is -4.06. The number of sulfonamides is 1. The fraction of sp³-hybridized carbons (Fsp3) is 0.212. The number of hydrogen-bond donors (Lipinski definition) is 1. The van der Waals surface area contributed by atoms with Crippen molar-refractivity contribution in [1.82, 2.24) is 10.2 Å². The van der Waals surface area contributed by atoms with Gasteiger partial charge in [-0.1, -0.05) is 70.0 Å². The number of rotatable bonds is 13. The van der Waals surface area contributed by atoms with Gasteiger partial charge in [-0.05, 0) is 59.7 Å². The van der Waals surface area contributed by atoms with Crippen molar-refractivity contribution in [2.45, 2.75) is 23.9 Å². The number of benzene rings is 4. The lowest BCUT2D eigenvalue weighted by atomic mass is 10.0. The van der Waals surface area contributed by atoms with E-state index in [9.17, 15) is 18.0 Å². The lowest BCUT2D eigenvalue weighted by Gasteiger charge is -2.33. The number of amides is 2. The van der Waals surface area contributed by atoms with E-state index in [1.807, 2.05) is 54.6 Å². The van der Waals surface area contributed by atoms with Crippen LogP contribution in [0.15, 0.2) is 106 Å². The van der Waals surface area contributed by atoms with E-state index in [2.05, 4.69) is 21.2 Å². The summed E-state index contributed by atoms with van der Waals surface area (Å²) in [4.78, 5) is 29.0. The zero-order chi connectivity index (χ0) is 32.6. The van der Waals surface area contributed by atoms with Gasteiger partial charge in [-0.15, -0.1) is 0 Å². The van der Waals surface area contributed by atoms with Gasteiger partial charge in [0.2, 0.25) is 11.8 Å². The highest BCUT2D eigenvalue weighted by Gasteiger charge is 2.34. The number of anilines is 1. The van der Waals surface area contributed by atoms with Crippen molar-refractivity contribution in [3.63, 3.8) is 0 Å². The maximum Gasteiger partial charge on any atom is 0.264 e. The van der Waals surface area contributed by atoms with Crippen LogP contribution in [0.4, 0.5) is 5.69 Å². The van der Waals surface area contributed by atoms with Crippen molar-refractivity contribution >= 4 is 55.1 Å². The third-order valence-corrected chi connectivity index (χ3v) is 9.67. The van der Waals surface area contributed by atoms with Crippen LogP contribution < -0.4 is 19.1 Å². The molecule has 45 heavy (non-hydrogen) atoms. The van der Waals surface area contributed by atoms with E-state index in [-0.39, 0.29) is 35.2 Å². The van der Waals surface area contributed by atoms with Gasteiger partial charge >= 0.3 is 0 Å². The molecule has 0 saturated heterocycles. The monoisotopic (exact) mass is 713 g/mol. The maximum atomic E-state index is 14.4. The van der Waals surface area contributed by atoms with Gasteiger partial charge in [-0.3, -0.25) is 13.9 Å². The zero-order valence-corrected chi connectivity index (χ0v) is 28.1. The van der Waals surface area contributed by atoms with Gasteiger partial charge in [-0.25, -0.2) is 8.42 Å². The summed E-state index contributed by atoms with van der Waals surface area (Å²) in [5.74, 6) is -0.410. The molecule has 0 bridgehead atoms. The van der Waals surface area contributed by atoms with E-state index in [1.54, 1.807) is 12.1 Å². The van der Waals surface area contributed by atoms with Crippen LogP contribution in [0.3, 0.4) is 0 Å². The highest BCUT2D eigenvalue weighted by atomic mass is 79.9. The number of carbonyl (C=O) groups excluding carboxylic acids is 2. The van der Waals surface area contributed by atoms with E-state index >= 15 is 0 Å². The van der Waals surface area contributed by atoms with Gasteiger partial charge in [0.05, 0.1) is 24.8 Å². The second kappa shape index (κ2) is 15.3. The van der Waals surface area contributed by atoms with Gasteiger partial charge < -0.3 is 19.7 Å². The lowest BCUT2D eigenvalue weighted by Crippen LogP contribution is -2.53. The molecule has 0 aliphatic carbocycles. The Morgan fingerprint density at radius 1 is 0.867 bits per heavy atom. The highest BCUT2D eigenvalue weighted by molar-refractivity contribution is 9.10. The topological polar surface area (TPSA) is 105 Å². The molecule has 0 aliphatic heterocycles. The first-order chi connectivity index (χ1) is 21.6. The van der Waals surface area contributed by atoms with E-state index in [4.69, 9.17) is 21.1 Å². The summed E-state index contributed by atoms with van der Waals surface area (Å²) in [6.45, 7) is -0.543. The Kier molecular flexibility index (Phi) is 11.5. The van der Waals surface area contributed by atoms with Gasteiger partial charge in [0.25, 0.3) is 10.0 Å². The van der Waals surface area contributed by atoms with Crippen LogP contribution in [0.2, 0.25) is 5.02 Å². The summed E-state index contributed by atoms with van der Waals surface area (Å²) >= 11 is 9.56. The van der Waals surface area contributed by atoms with E-state index in [1.165, 1.54) is 56.5 Å². The molecule has 0 heterocycles. The molecule has 9 nitrogen and oxygen atoms in total. The molecule has 12 heteroatoms. The molecule has 236 valence electrons. The average Bonchev–Trinajstić information content (AvgIpc) is 3.06. The molecule has 1 unspecified atom stereocenters. The van der Waals surface area contributed by atoms with Crippen LogP contribution in [0.1, 0.15) is 11.1 Å². The smallest absolute Gasteiger partial charge is 0.264 e. The Morgan fingerprint density at radius 2 is 1.51 bits per heavy atom. The predicted molar refractivity (Wildman–Crippen MR) is 178 cm³/mol. The van der Waals surface area contributed by atoms with Gasteiger partial charge in [-0.2, -0.15) is 0 Å². The molecule has 0 saturated carbocycles. The van der Waals surface area contributed by atoms with Crippen LogP contribution in [0.5, 0.6) is 11.5 Å². The first kappa shape index (κ1) is 33.8. The maximum absolute atomic E-state index is 14.4. The van der Waals surface area contributed by atoms with E-state index < -0.39 is 28.5 Å². The minimum absolute atomic E-state index is 0.0574. The Morgan fingerprint density at radius 3 is 2.11 bits per heavy atom. The summed E-state index contributed by atoms with van der Waals surface area (Å²) in [7, 11) is 0.0132. The summed E-state index contributed by atoms with van der Waals surface area (Å²) in [6.07, 6.45) is 0.214. The number of carbonyl (C=O) groups is 2. The number of hydrogen-bond acceptors (Lipinski definition) is 6. The Labute approximate surface area is 276 Å². The van der Waals surface area contributed by atoms with Gasteiger partial charge in [0, 0.05) is 35.6 Å². The number of nitrogens with one attached hydrogen (secondary N) is 1. The van der Waals surface area contributed by atoms with Crippen LogP contribution in [0.25, 0.3) is 0 Å². The number of likely N-dealkylation sites (N-methyl/N-ethyl adjacent to an activating group) is 1. The Balaban J connectivity index is 1.80. The standard InChI is InChI=1S/C33H33BrClN3O6S/c1-36-33(40)29(19-23-7-5-4-6-8-23)37(21-24-9-11-25(34)12-10-24)32(39)22-38(27-15-13-26(35)14-16-27)45(41,42)28-17-18-30(43-2)31(20-28)44-3/h4-18,20,29H,19,21-22H2,1-3H3,(H,36,40). The first-order valence-corrected chi connectivity index (χ1v) is 16.5. The summed E-state index contributed by atoms with van der Waals surface area (Å²) in [5, 5.41) is 3.07. The largest absolute Gasteiger partial charge is 0.493 e. The molecule has 4 rings (SSSR count). The summed E-state index contributed by atoms with van der Waals surface area (Å²) < 4.78 is 40.9. The van der Waals surface area contributed by atoms with Crippen LogP contribution in [0, 0.1) is 0 Å². The van der Waals surface area contributed by atoms with Crippen LogP contribution in [-0.2, 0) is 32.6 Å². The minimum Gasteiger partial charge on any atom is -0.493 e. The van der Waals surface area contributed by atoms with Crippen molar-refractivity contribution in [1.29, 1.82) is 0 Å². The second-order valence-corrected chi connectivity index (χ2v) is 13.2. The molecule has 1 atom stereocenters. The summed E-state index contributed by atoms with van der Waals surface area (Å²) in [6, 6.07) is 26.1. The quantitative estimate of drug-likeness (QED) is 0.191. The third kappa shape index (κ3) is 8.36. The van der Waals surface area contributed by atoms with Crippen LogP contribution in [-0.4, -0.2) is 59.0 Å². The highest BCUT2D eigenvalue weighted by Crippen LogP contribution is 2.33. The van der Waals surface area contributed by atoms with Gasteiger partial charge in [0.15, 0.2) is 11.5 Å². The normalized spacial score (nSPS) is 11.8. The molecule has 0 aliphatic rings. The van der Waals surface area contributed by atoms with Crippen molar-refractivity contribution in [3.05, 3.63) is 118 Å². The number of nitrogens with zero attached hydrogens (tertiary/aromatic N) is 2. The SMILES string of the molecule is CNC(=O)C(Cc1ccccc1)N(Cc1ccc(Br)cc1)C(=O)CN(c1ccc(Cl)cc1)S(=O)(=O)c1ccc(OC)c(OC)c1. The zero-order valence-electron chi connectivity index (χ0n) is 24.9. The summed E-state index contributed by atoms with van der Waals surface area (Å²) in [5.41, 5.74) is 1.81.